The smallest absolute Gasteiger partial charge is 0.122 e. The lowest BCUT2D eigenvalue weighted by Crippen LogP contribution is -1.98. The van der Waals surface area contributed by atoms with Crippen LogP contribution in [0, 0.1) is 5.92 Å². The van der Waals surface area contributed by atoms with Crippen molar-refractivity contribution in [2.45, 2.75) is 25.4 Å². The number of allylic oxidation sites excluding steroid dienone is 4. The van der Waals surface area contributed by atoms with Gasteiger partial charge in [-0.05, 0) is 24.3 Å². The first-order valence-electron chi connectivity index (χ1n) is 3.88. The van der Waals surface area contributed by atoms with E-state index in [9.17, 15) is 4.39 Å². The number of rotatable bonds is 1. The van der Waals surface area contributed by atoms with E-state index in [4.69, 9.17) is 0 Å². The van der Waals surface area contributed by atoms with Crippen LogP contribution in [-0.4, -0.2) is 6.17 Å². The Labute approximate surface area is 60.4 Å². The van der Waals surface area contributed by atoms with Gasteiger partial charge in [-0.15, -0.1) is 0 Å². The topological polar surface area (TPSA) is 0 Å². The average molecular weight is 138 g/mol. The van der Waals surface area contributed by atoms with Gasteiger partial charge in [0.2, 0.25) is 0 Å². The molecule has 1 heteroatoms. The Morgan fingerprint density at radius 3 is 2.70 bits per heavy atom. The summed E-state index contributed by atoms with van der Waals surface area (Å²) in [6, 6.07) is 0. The fraction of sp³-hybridized carbons (Fsp3) is 0.556. The molecule has 0 heterocycles. The molecule has 0 aromatic heterocycles. The van der Waals surface area contributed by atoms with Gasteiger partial charge in [0.1, 0.15) is 6.17 Å². The van der Waals surface area contributed by atoms with Gasteiger partial charge in [-0.3, -0.25) is 0 Å². The monoisotopic (exact) mass is 138 g/mol. The van der Waals surface area contributed by atoms with Gasteiger partial charge in [0.05, 0.1) is 0 Å². The molecule has 1 unspecified atom stereocenters. The maximum absolute atomic E-state index is 12.5. The van der Waals surface area contributed by atoms with Crippen LogP contribution in [0.5, 0.6) is 0 Å². The van der Waals surface area contributed by atoms with E-state index in [-0.39, 0.29) is 0 Å². The van der Waals surface area contributed by atoms with Crippen molar-refractivity contribution < 1.29 is 4.39 Å². The second kappa shape index (κ2) is 2.22. The third-order valence-electron chi connectivity index (χ3n) is 2.12. The lowest BCUT2D eigenvalue weighted by molar-refractivity contribution is 0.400. The third-order valence-corrected chi connectivity index (χ3v) is 2.12. The molecule has 0 spiro atoms. The molecule has 54 valence electrons. The molecule has 0 aromatic carbocycles. The highest BCUT2D eigenvalue weighted by Gasteiger charge is 2.25. The van der Waals surface area contributed by atoms with Crippen molar-refractivity contribution in [2.75, 3.05) is 0 Å². The van der Waals surface area contributed by atoms with E-state index in [1.807, 2.05) is 12.2 Å². The normalized spacial score (nSPS) is 32.1. The summed E-state index contributed by atoms with van der Waals surface area (Å²) in [5.41, 5.74) is 1.37. The van der Waals surface area contributed by atoms with Gasteiger partial charge in [0, 0.05) is 6.42 Å². The minimum Gasteiger partial charge on any atom is -0.243 e. The van der Waals surface area contributed by atoms with Crippen LogP contribution >= 0.6 is 0 Å². The highest BCUT2D eigenvalue weighted by molar-refractivity contribution is 5.29. The molecule has 2 rings (SSSR count). The molecule has 0 aliphatic heterocycles. The minimum atomic E-state index is -0.720. The molecule has 0 aromatic rings. The summed E-state index contributed by atoms with van der Waals surface area (Å²) in [6.07, 6.45) is 8.17. The van der Waals surface area contributed by atoms with Crippen LogP contribution in [0.4, 0.5) is 4.39 Å². The average Bonchev–Trinajstić information content (AvgIpc) is 2.71. The number of alkyl halides is 1. The van der Waals surface area contributed by atoms with Crippen LogP contribution in [0.1, 0.15) is 19.3 Å². The van der Waals surface area contributed by atoms with E-state index >= 15 is 0 Å². The van der Waals surface area contributed by atoms with Crippen molar-refractivity contribution in [2.24, 2.45) is 5.92 Å². The summed E-state index contributed by atoms with van der Waals surface area (Å²) in [7, 11) is 0. The second-order valence-electron chi connectivity index (χ2n) is 3.09. The Bertz CT molecular complexity index is 187. The van der Waals surface area contributed by atoms with Crippen molar-refractivity contribution in [1.82, 2.24) is 0 Å². The van der Waals surface area contributed by atoms with Gasteiger partial charge < -0.3 is 0 Å². The van der Waals surface area contributed by atoms with Gasteiger partial charge in [-0.2, -0.15) is 0 Å². The van der Waals surface area contributed by atoms with Crippen molar-refractivity contribution >= 4 is 0 Å². The molecule has 1 saturated carbocycles. The Kier molecular flexibility index (Phi) is 1.37. The minimum absolute atomic E-state index is 0.600. The van der Waals surface area contributed by atoms with E-state index in [1.165, 1.54) is 18.4 Å². The van der Waals surface area contributed by atoms with Crippen LogP contribution in [0.15, 0.2) is 23.8 Å². The first-order valence-corrected chi connectivity index (χ1v) is 3.88. The molecule has 0 radical (unpaired) electrons. The van der Waals surface area contributed by atoms with Crippen LogP contribution in [0.3, 0.4) is 0 Å². The SMILES string of the molecule is FC1C=CC(C2CC2)=CC1. The Morgan fingerprint density at radius 1 is 1.40 bits per heavy atom. The van der Waals surface area contributed by atoms with Gasteiger partial charge >= 0.3 is 0 Å². The molecule has 1 atom stereocenters. The molecular formula is C9H11F. The molecule has 0 nitrogen and oxygen atoms in total. The van der Waals surface area contributed by atoms with Crippen molar-refractivity contribution in [1.29, 1.82) is 0 Å². The number of hydrogen-bond donors (Lipinski definition) is 0. The zero-order valence-corrected chi connectivity index (χ0v) is 5.89. The summed E-state index contributed by atoms with van der Waals surface area (Å²) in [4.78, 5) is 0. The zero-order valence-electron chi connectivity index (χ0n) is 5.89. The standard InChI is InChI=1S/C9H11F/c10-9-5-3-8(4-6-9)7-1-2-7/h3-5,7,9H,1-2,6H2. The van der Waals surface area contributed by atoms with Crippen LogP contribution in [0.25, 0.3) is 0 Å². The van der Waals surface area contributed by atoms with Crippen molar-refractivity contribution in [3.63, 3.8) is 0 Å². The van der Waals surface area contributed by atoms with E-state index in [0.29, 0.717) is 6.42 Å². The largest absolute Gasteiger partial charge is 0.243 e. The summed E-state index contributed by atoms with van der Waals surface area (Å²) in [6.45, 7) is 0. The van der Waals surface area contributed by atoms with Gasteiger partial charge in [0.15, 0.2) is 0 Å². The summed E-state index contributed by atoms with van der Waals surface area (Å²) in [5, 5.41) is 0. The fourth-order valence-electron chi connectivity index (χ4n) is 1.33. The second-order valence-corrected chi connectivity index (χ2v) is 3.09. The maximum atomic E-state index is 12.5. The molecule has 10 heavy (non-hydrogen) atoms. The summed E-state index contributed by atoms with van der Waals surface area (Å²) < 4.78 is 12.5. The quantitative estimate of drug-likeness (QED) is 0.522. The van der Waals surface area contributed by atoms with Crippen LogP contribution < -0.4 is 0 Å². The molecule has 0 bridgehead atoms. The van der Waals surface area contributed by atoms with E-state index in [1.54, 1.807) is 6.08 Å². The summed E-state index contributed by atoms with van der Waals surface area (Å²) >= 11 is 0. The number of halogens is 1. The van der Waals surface area contributed by atoms with E-state index < -0.39 is 6.17 Å². The molecule has 2 aliphatic carbocycles. The third kappa shape index (κ3) is 1.13. The molecule has 1 fully saturated rings. The lowest BCUT2D eigenvalue weighted by atomic mass is 10.0. The fourth-order valence-corrected chi connectivity index (χ4v) is 1.33. The first-order chi connectivity index (χ1) is 4.86. The van der Waals surface area contributed by atoms with E-state index in [0.717, 1.165) is 5.92 Å². The zero-order chi connectivity index (χ0) is 6.97. The predicted octanol–water partition coefficient (Wildman–Crippen LogP) is 2.62. The lowest BCUT2D eigenvalue weighted by Gasteiger charge is -2.07. The van der Waals surface area contributed by atoms with E-state index in [2.05, 4.69) is 0 Å². The molecule has 0 amide bonds. The Morgan fingerprint density at radius 2 is 2.20 bits per heavy atom. The predicted molar refractivity (Wildman–Crippen MR) is 39.5 cm³/mol. The molecular weight excluding hydrogens is 127 g/mol. The number of hydrogen-bond acceptors (Lipinski definition) is 0. The summed E-state index contributed by atoms with van der Waals surface area (Å²) in [5.74, 6) is 0.781. The highest BCUT2D eigenvalue weighted by Crippen LogP contribution is 2.38. The van der Waals surface area contributed by atoms with Crippen LogP contribution in [0.2, 0.25) is 0 Å². The van der Waals surface area contributed by atoms with Gasteiger partial charge in [0.25, 0.3) is 0 Å². The van der Waals surface area contributed by atoms with Gasteiger partial charge in [-0.25, -0.2) is 4.39 Å². The molecule has 0 N–H and O–H groups in total. The molecule has 0 saturated heterocycles. The highest BCUT2D eigenvalue weighted by atomic mass is 19.1. The Balaban J connectivity index is 2.04. The maximum Gasteiger partial charge on any atom is 0.122 e. The Hall–Kier alpha value is -0.590. The van der Waals surface area contributed by atoms with Gasteiger partial charge in [-0.1, -0.05) is 18.2 Å². The molecule has 2 aliphatic rings. The van der Waals surface area contributed by atoms with Crippen molar-refractivity contribution in [3.8, 4) is 0 Å². The van der Waals surface area contributed by atoms with Crippen molar-refractivity contribution in [3.05, 3.63) is 23.8 Å². The van der Waals surface area contributed by atoms with Crippen LogP contribution in [-0.2, 0) is 0 Å². The first kappa shape index (κ1) is 6.14.